The Hall–Kier alpha value is -0.590. The van der Waals surface area contributed by atoms with Gasteiger partial charge in [-0.15, -0.1) is 0 Å². The van der Waals surface area contributed by atoms with Crippen molar-refractivity contribution in [3.8, 4) is 6.07 Å². The molecule has 1 fully saturated rings. The molecule has 0 aliphatic carbocycles. The number of nitrogens with one attached hydrogen (secondary N) is 1. The Morgan fingerprint density at radius 1 is 1.50 bits per heavy atom. The molecule has 0 aromatic heterocycles. The van der Waals surface area contributed by atoms with Gasteiger partial charge in [0, 0.05) is 19.0 Å². The zero-order chi connectivity index (χ0) is 10.2. The van der Waals surface area contributed by atoms with Crippen LogP contribution in [0.2, 0.25) is 0 Å². The largest absolute Gasteiger partial charge is 0.315 e. The van der Waals surface area contributed by atoms with Gasteiger partial charge in [0.1, 0.15) is 0 Å². The first-order valence-electron chi connectivity index (χ1n) is 5.70. The van der Waals surface area contributed by atoms with E-state index >= 15 is 0 Å². The van der Waals surface area contributed by atoms with Crippen molar-refractivity contribution in [2.24, 2.45) is 0 Å². The summed E-state index contributed by atoms with van der Waals surface area (Å²) < 4.78 is 0. The van der Waals surface area contributed by atoms with Crippen LogP contribution in [0, 0.1) is 11.3 Å². The average molecular weight is 195 g/mol. The quantitative estimate of drug-likeness (QED) is 0.650. The molecule has 0 radical (unpaired) electrons. The molecule has 1 rings (SSSR count). The fourth-order valence-corrected chi connectivity index (χ4v) is 2.08. The van der Waals surface area contributed by atoms with Crippen LogP contribution in [0.4, 0.5) is 0 Å². The van der Waals surface area contributed by atoms with Crippen LogP contribution >= 0.6 is 0 Å². The molecule has 0 aromatic carbocycles. The minimum absolute atomic E-state index is 0.695. The minimum atomic E-state index is 0.695. The molecular weight excluding hydrogens is 174 g/mol. The molecule has 0 amide bonds. The van der Waals surface area contributed by atoms with Gasteiger partial charge in [-0.25, -0.2) is 0 Å². The van der Waals surface area contributed by atoms with Crippen molar-refractivity contribution in [3.63, 3.8) is 0 Å². The molecule has 3 nitrogen and oxygen atoms in total. The zero-order valence-electron chi connectivity index (χ0n) is 9.13. The van der Waals surface area contributed by atoms with Gasteiger partial charge in [0.2, 0.25) is 0 Å². The lowest BCUT2D eigenvalue weighted by Crippen LogP contribution is -2.38. The predicted molar refractivity (Wildman–Crippen MR) is 58.0 cm³/mol. The second-order valence-electron chi connectivity index (χ2n) is 3.94. The highest BCUT2D eigenvalue weighted by Crippen LogP contribution is 2.10. The third-order valence-corrected chi connectivity index (χ3v) is 2.80. The maximum atomic E-state index is 8.49. The van der Waals surface area contributed by atoms with Crippen molar-refractivity contribution >= 4 is 0 Å². The zero-order valence-corrected chi connectivity index (χ0v) is 9.13. The summed E-state index contributed by atoms with van der Waals surface area (Å²) in [6, 6.07) is 2.93. The molecule has 0 aromatic rings. The molecular formula is C11H21N3. The first-order valence-corrected chi connectivity index (χ1v) is 5.70. The van der Waals surface area contributed by atoms with E-state index in [1.54, 1.807) is 0 Å². The number of rotatable bonds is 6. The predicted octanol–water partition coefficient (Wildman–Crippen LogP) is 1.36. The lowest BCUT2D eigenvalue weighted by molar-refractivity contribution is 0.206. The van der Waals surface area contributed by atoms with E-state index in [0.29, 0.717) is 12.5 Å². The van der Waals surface area contributed by atoms with E-state index < -0.39 is 0 Å². The van der Waals surface area contributed by atoms with Crippen molar-refractivity contribution in [2.45, 2.75) is 38.6 Å². The van der Waals surface area contributed by atoms with Gasteiger partial charge in [0.15, 0.2) is 0 Å². The molecule has 0 saturated carbocycles. The van der Waals surface area contributed by atoms with Crippen molar-refractivity contribution in [1.82, 2.24) is 10.2 Å². The second-order valence-corrected chi connectivity index (χ2v) is 3.94. The van der Waals surface area contributed by atoms with Crippen molar-refractivity contribution < 1.29 is 0 Å². The van der Waals surface area contributed by atoms with Crippen LogP contribution in [0.25, 0.3) is 0 Å². The van der Waals surface area contributed by atoms with E-state index in [0.717, 1.165) is 26.1 Å². The Morgan fingerprint density at radius 2 is 2.36 bits per heavy atom. The first kappa shape index (κ1) is 11.5. The van der Waals surface area contributed by atoms with E-state index in [1.807, 2.05) is 0 Å². The Morgan fingerprint density at radius 3 is 2.93 bits per heavy atom. The number of hydrogen-bond acceptors (Lipinski definition) is 3. The second kappa shape index (κ2) is 6.80. The highest BCUT2D eigenvalue weighted by atomic mass is 15.2. The fourth-order valence-electron chi connectivity index (χ4n) is 2.08. The summed E-state index contributed by atoms with van der Waals surface area (Å²) in [6.45, 7) is 6.78. The Balaban J connectivity index is 2.26. The minimum Gasteiger partial charge on any atom is -0.315 e. The summed E-state index contributed by atoms with van der Waals surface area (Å²) >= 11 is 0. The molecule has 1 aliphatic heterocycles. The molecule has 1 saturated heterocycles. The normalized spacial score (nSPS) is 21.4. The SMILES string of the molecule is CCCN(CCCC#N)C1CCNC1. The smallest absolute Gasteiger partial charge is 0.0622 e. The summed E-state index contributed by atoms with van der Waals surface area (Å²) in [6.07, 6.45) is 4.20. The molecule has 14 heavy (non-hydrogen) atoms. The number of nitrogens with zero attached hydrogens (tertiary/aromatic N) is 2. The Bertz CT molecular complexity index is 179. The van der Waals surface area contributed by atoms with Crippen LogP contribution in [0.15, 0.2) is 0 Å². The monoisotopic (exact) mass is 195 g/mol. The summed E-state index contributed by atoms with van der Waals surface area (Å²) in [4.78, 5) is 2.54. The van der Waals surface area contributed by atoms with Gasteiger partial charge >= 0.3 is 0 Å². The van der Waals surface area contributed by atoms with E-state index in [-0.39, 0.29) is 0 Å². The lowest BCUT2D eigenvalue weighted by Gasteiger charge is -2.27. The van der Waals surface area contributed by atoms with Gasteiger partial charge in [-0.3, -0.25) is 4.90 Å². The Labute approximate surface area is 87.1 Å². The molecule has 1 aliphatic rings. The maximum Gasteiger partial charge on any atom is 0.0622 e. The van der Waals surface area contributed by atoms with Crippen LogP contribution in [0.5, 0.6) is 0 Å². The van der Waals surface area contributed by atoms with Crippen LogP contribution in [0.3, 0.4) is 0 Å². The van der Waals surface area contributed by atoms with E-state index in [4.69, 9.17) is 5.26 Å². The number of unbranched alkanes of at least 4 members (excludes halogenated alkanes) is 1. The molecule has 3 heteroatoms. The van der Waals surface area contributed by atoms with Crippen LogP contribution in [0.1, 0.15) is 32.6 Å². The first-order chi connectivity index (χ1) is 6.88. The van der Waals surface area contributed by atoms with E-state index in [9.17, 15) is 0 Å². The third-order valence-electron chi connectivity index (χ3n) is 2.80. The summed E-state index contributed by atoms with van der Waals surface area (Å²) in [5.41, 5.74) is 0. The highest BCUT2D eigenvalue weighted by Gasteiger charge is 2.20. The van der Waals surface area contributed by atoms with Gasteiger partial charge in [-0.05, 0) is 38.9 Å². The number of hydrogen-bond donors (Lipinski definition) is 1. The van der Waals surface area contributed by atoms with Gasteiger partial charge in [0.05, 0.1) is 6.07 Å². The van der Waals surface area contributed by atoms with Crippen molar-refractivity contribution in [1.29, 1.82) is 5.26 Å². The topological polar surface area (TPSA) is 39.1 Å². The molecule has 1 atom stereocenters. The summed E-state index contributed by atoms with van der Waals surface area (Å²) in [5.74, 6) is 0. The van der Waals surface area contributed by atoms with Gasteiger partial charge in [0.25, 0.3) is 0 Å². The van der Waals surface area contributed by atoms with Crippen molar-refractivity contribution in [2.75, 3.05) is 26.2 Å². The van der Waals surface area contributed by atoms with Gasteiger partial charge < -0.3 is 5.32 Å². The molecule has 1 unspecified atom stereocenters. The molecule has 80 valence electrons. The molecule has 1 N–H and O–H groups in total. The van der Waals surface area contributed by atoms with Gasteiger partial charge in [-0.1, -0.05) is 6.92 Å². The van der Waals surface area contributed by atoms with Gasteiger partial charge in [-0.2, -0.15) is 5.26 Å². The maximum absolute atomic E-state index is 8.49. The van der Waals surface area contributed by atoms with Crippen LogP contribution < -0.4 is 5.32 Å². The van der Waals surface area contributed by atoms with Crippen molar-refractivity contribution in [3.05, 3.63) is 0 Å². The fraction of sp³-hybridized carbons (Fsp3) is 0.909. The standard InChI is InChI=1S/C11H21N3/c1-2-8-14(9-4-3-6-12)11-5-7-13-10-11/h11,13H,2-5,7-10H2,1H3. The molecule has 0 spiro atoms. The molecule has 0 bridgehead atoms. The van der Waals surface area contributed by atoms with Crippen LogP contribution in [-0.2, 0) is 0 Å². The molecule has 1 heterocycles. The summed E-state index contributed by atoms with van der Waals surface area (Å²) in [7, 11) is 0. The van der Waals surface area contributed by atoms with E-state index in [2.05, 4.69) is 23.2 Å². The van der Waals surface area contributed by atoms with E-state index in [1.165, 1.54) is 19.4 Å². The van der Waals surface area contributed by atoms with Crippen LogP contribution in [-0.4, -0.2) is 37.1 Å². The summed E-state index contributed by atoms with van der Waals surface area (Å²) in [5, 5.41) is 11.9. The number of nitriles is 1. The highest BCUT2D eigenvalue weighted by molar-refractivity contribution is 4.81. The third kappa shape index (κ3) is 3.65. The lowest BCUT2D eigenvalue weighted by atomic mass is 10.2. The Kier molecular flexibility index (Phi) is 5.58. The average Bonchev–Trinajstić information content (AvgIpc) is 2.70.